The summed E-state index contributed by atoms with van der Waals surface area (Å²) in [6, 6.07) is 0. The van der Waals surface area contributed by atoms with E-state index in [2.05, 4.69) is 19.1 Å². The average Bonchev–Trinajstić information content (AvgIpc) is 2.46. The molecule has 0 radical (unpaired) electrons. The third-order valence-corrected chi connectivity index (χ3v) is 3.82. The van der Waals surface area contributed by atoms with Crippen LogP contribution in [0.1, 0.15) is 45.4 Å². The highest BCUT2D eigenvalue weighted by molar-refractivity contribution is 5.66. The van der Waals surface area contributed by atoms with Gasteiger partial charge in [-0.25, -0.2) is 0 Å². The molecule has 0 rings (SSSR count). The van der Waals surface area contributed by atoms with Crippen molar-refractivity contribution >= 4 is 11.9 Å². The zero-order valence-corrected chi connectivity index (χ0v) is 13.5. The van der Waals surface area contributed by atoms with E-state index in [4.69, 9.17) is 5.11 Å². The van der Waals surface area contributed by atoms with Crippen molar-refractivity contribution in [3.05, 3.63) is 12.2 Å². The standard InChI is InChI=1S/C16H29NO5/c1-2-3-4-5-6-7-10-17(13-14-18,11-8-15(19)20)12-9-16(21)22/h3-4,18H,2,5-14H2,1H3,(H-,19,20,21,22)/b4-3+. The van der Waals surface area contributed by atoms with E-state index in [9.17, 15) is 19.8 Å². The molecule has 0 amide bonds. The lowest BCUT2D eigenvalue weighted by molar-refractivity contribution is -0.927. The van der Waals surface area contributed by atoms with E-state index < -0.39 is 11.9 Å². The van der Waals surface area contributed by atoms with E-state index in [1.807, 2.05) is 0 Å². The van der Waals surface area contributed by atoms with E-state index in [1.54, 1.807) is 0 Å². The van der Waals surface area contributed by atoms with Gasteiger partial charge in [0.05, 0.1) is 32.7 Å². The number of allylic oxidation sites excluding steroid dienone is 2. The number of hydrogen-bond donors (Lipinski definition) is 2. The van der Waals surface area contributed by atoms with Crippen LogP contribution in [-0.4, -0.2) is 59.4 Å². The zero-order valence-electron chi connectivity index (χ0n) is 13.5. The number of carboxylic acid groups (broad SMARTS) is 2. The van der Waals surface area contributed by atoms with E-state index >= 15 is 0 Å². The Kier molecular flexibility index (Phi) is 11.4. The summed E-state index contributed by atoms with van der Waals surface area (Å²) in [6.07, 6.45) is 7.91. The number of unbranched alkanes of at least 4 members (excludes halogenated alkanes) is 2. The summed E-state index contributed by atoms with van der Waals surface area (Å²) in [4.78, 5) is 21.6. The molecule has 0 bridgehead atoms. The second-order valence-electron chi connectivity index (χ2n) is 5.60. The van der Waals surface area contributed by atoms with Crippen LogP contribution in [0.3, 0.4) is 0 Å². The number of aliphatic carboxylic acids is 2. The minimum Gasteiger partial charge on any atom is -0.550 e. The minimum atomic E-state index is -1.14. The molecule has 0 aliphatic rings. The smallest absolute Gasteiger partial charge is 0.309 e. The molecule has 0 aliphatic carbocycles. The van der Waals surface area contributed by atoms with Crippen molar-refractivity contribution in [3.63, 3.8) is 0 Å². The Bertz CT molecular complexity index is 336. The summed E-state index contributed by atoms with van der Waals surface area (Å²) in [6.45, 7) is 3.70. The monoisotopic (exact) mass is 315 g/mol. The lowest BCUT2D eigenvalue weighted by atomic mass is 10.1. The molecular formula is C16H29NO5. The molecule has 6 heteroatoms. The molecule has 0 fully saturated rings. The van der Waals surface area contributed by atoms with E-state index in [-0.39, 0.29) is 19.4 Å². The number of rotatable bonds is 14. The molecule has 22 heavy (non-hydrogen) atoms. The maximum absolute atomic E-state index is 10.8. The van der Waals surface area contributed by atoms with Gasteiger partial charge in [-0.1, -0.05) is 19.1 Å². The quantitative estimate of drug-likeness (QED) is 0.277. The van der Waals surface area contributed by atoms with Gasteiger partial charge in [-0.05, 0) is 25.7 Å². The molecule has 1 unspecified atom stereocenters. The van der Waals surface area contributed by atoms with Gasteiger partial charge in [0.15, 0.2) is 0 Å². The van der Waals surface area contributed by atoms with Gasteiger partial charge in [0.25, 0.3) is 0 Å². The molecule has 2 N–H and O–H groups in total. The molecular weight excluding hydrogens is 286 g/mol. The lowest BCUT2D eigenvalue weighted by Gasteiger charge is -2.38. The number of carbonyl (C=O) groups excluding carboxylic acids is 1. The van der Waals surface area contributed by atoms with Crippen molar-refractivity contribution in [2.45, 2.75) is 45.4 Å². The number of carbonyl (C=O) groups is 2. The van der Waals surface area contributed by atoms with E-state index in [0.717, 1.165) is 25.7 Å². The normalized spacial score (nSPS) is 14.1. The fourth-order valence-electron chi connectivity index (χ4n) is 2.54. The Balaban J connectivity index is 4.58. The van der Waals surface area contributed by atoms with Gasteiger partial charge in [0.2, 0.25) is 0 Å². The van der Waals surface area contributed by atoms with Crippen molar-refractivity contribution in [1.29, 1.82) is 0 Å². The van der Waals surface area contributed by atoms with Crippen LogP contribution in [0, 0.1) is 0 Å². The van der Waals surface area contributed by atoms with Gasteiger partial charge in [0, 0.05) is 12.4 Å². The van der Waals surface area contributed by atoms with Crippen LogP contribution in [0.25, 0.3) is 0 Å². The highest BCUT2D eigenvalue weighted by Crippen LogP contribution is 2.13. The van der Waals surface area contributed by atoms with Gasteiger partial charge in [-0.3, -0.25) is 4.79 Å². The van der Waals surface area contributed by atoms with Crippen LogP contribution in [0.15, 0.2) is 12.2 Å². The van der Waals surface area contributed by atoms with Gasteiger partial charge in [-0.2, -0.15) is 0 Å². The first-order chi connectivity index (χ1) is 10.5. The summed E-state index contributed by atoms with van der Waals surface area (Å²) in [5.41, 5.74) is 0. The summed E-state index contributed by atoms with van der Waals surface area (Å²) in [5, 5.41) is 28.9. The number of aliphatic hydroxyl groups excluding tert-OH is 1. The van der Waals surface area contributed by atoms with Crippen LogP contribution < -0.4 is 5.11 Å². The summed E-state index contributed by atoms with van der Waals surface area (Å²) < 4.78 is 0.328. The number of carboxylic acids is 2. The van der Waals surface area contributed by atoms with Crippen LogP contribution in [0.5, 0.6) is 0 Å². The van der Waals surface area contributed by atoms with Crippen molar-refractivity contribution in [1.82, 2.24) is 0 Å². The predicted molar refractivity (Wildman–Crippen MR) is 82.0 cm³/mol. The highest BCUT2D eigenvalue weighted by atomic mass is 16.4. The van der Waals surface area contributed by atoms with Crippen LogP contribution in [0.4, 0.5) is 0 Å². The Morgan fingerprint density at radius 2 is 1.73 bits per heavy atom. The summed E-state index contributed by atoms with van der Waals surface area (Å²) in [5.74, 6) is -2.04. The average molecular weight is 315 g/mol. The molecule has 0 heterocycles. The first kappa shape index (κ1) is 20.6. The van der Waals surface area contributed by atoms with Crippen LogP contribution in [0.2, 0.25) is 0 Å². The third-order valence-electron chi connectivity index (χ3n) is 3.82. The minimum absolute atomic E-state index is 0.0250. The van der Waals surface area contributed by atoms with Crippen molar-refractivity contribution in [3.8, 4) is 0 Å². The molecule has 0 saturated carbocycles. The Labute approximate surface area is 132 Å². The maximum Gasteiger partial charge on any atom is 0.309 e. The molecule has 0 aromatic rings. The highest BCUT2D eigenvalue weighted by Gasteiger charge is 2.27. The van der Waals surface area contributed by atoms with Crippen molar-refractivity contribution in [2.24, 2.45) is 0 Å². The largest absolute Gasteiger partial charge is 0.550 e. The molecule has 0 saturated heterocycles. The molecule has 1 atom stereocenters. The second-order valence-corrected chi connectivity index (χ2v) is 5.60. The molecule has 0 aliphatic heterocycles. The Hall–Kier alpha value is -1.40. The van der Waals surface area contributed by atoms with Crippen molar-refractivity contribution < 1.29 is 29.4 Å². The SMILES string of the molecule is CC/C=C/CCCC[N+](CCO)(CCC(=O)[O-])CCC(=O)O. The first-order valence-corrected chi connectivity index (χ1v) is 7.98. The van der Waals surface area contributed by atoms with Gasteiger partial charge in [-0.15, -0.1) is 0 Å². The zero-order chi connectivity index (χ0) is 16.8. The number of hydrogen-bond acceptors (Lipinski definition) is 4. The topological polar surface area (TPSA) is 97.7 Å². The van der Waals surface area contributed by atoms with Crippen molar-refractivity contribution in [2.75, 3.05) is 32.8 Å². The predicted octanol–water partition coefficient (Wildman–Crippen LogP) is 0.547. The maximum atomic E-state index is 10.8. The first-order valence-electron chi connectivity index (χ1n) is 7.98. The van der Waals surface area contributed by atoms with Crippen LogP contribution in [-0.2, 0) is 9.59 Å². The van der Waals surface area contributed by atoms with Gasteiger partial charge >= 0.3 is 5.97 Å². The number of quaternary nitrogens is 1. The fraction of sp³-hybridized carbons (Fsp3) is 0.750. The van der Waals surface area contributed by atoms with Crippen LogP contribution >= 0.6 is 0 Å². The summed E-state index contributed by atoms with van der Waals surface area (Å²) >= 11 is 0. The number of nitrogens with zero attached hydrogens (tertiary/aromatic N) is 1. The molecule has 0 aromatic heterocycles. The van der Waals surface area contributed by atoms with E-state index in [0.29, 0.717) is 30.7 Å². The number of aliphatic hydroxyl groups is 1. The summed E-state index contributed by atoms with van der Waals surface area (Å²) in [7, 11) is 0. The lowest BCUT2D eigenvalue weighted by Crippen LogP contribution is -2.53. The van der Waals surface area contributed by atoms with Gasteiger partial charge in [0.1, 0.15) is 6.54 Å². The molecule has 128 valence electrons. The third kappa shape index (κ3) is 10.3. The molecule has 0 aromatic carbocycles. The second kappa shape index (κ2) is 12.2. The fourth-order valence-corrected chi connectivity index (χ4v) is 2.54. The van der Waals surface area contributed by atoms with Gasteiger partial charge < -0.3 is 24.6 Å². The Morgan fingerprint density at radius 3 is 2.27 bits per heavy atom. The molecule has 0 spiro atoms. The molecule has 6 nitrogen and oxygen atoms in total. The van der Waals surface area contributed by atoms with E-state index in [1.165, 1.54) is 0 Å². The Morgan fingerprint density at radius 1 is 1.05 bits per heavy atom.